The van der Waals surface area contributed by atoms with Gasteiger partial charge in [-0.2, -0.15) is 0 Å². The Morgan fingerprint density at radius 2 is 2.14 bits per heavy atom. The average molecular weight is 417 g/mol. The molecule has 1 N–H and O–H groups in total. The molecule has 0 aliphatic carbocycles. The zero-order chi connectivity index (χ0) is 15.7. The highest BCUT2D eigenvalue weighted by molar-refractivity contribution is 14.0. The first-order valence-electron chi connectivity index (χ1n) is 7.24. The lowest BCUT2D eigenvalue weighted by atomic mass is 10.2. The summed E-state index contributed by atoms with van der Waals surface area (Å²) in [5.41, 5.74) is 1.16. The molecular formula is C16H28IN5. The van der Waals surface area contributed by atoms with E-state index in [2.05, 4.69) is 39.9 Å². The Hall–Kier alpha value is -1.31. The molecule has 0 aromatic carbocycles. The number of halogens is 1. The van der Waals surface area contributed by atoms with Crippen LogP contribution >= 0.6 is 24.0 Å². The Kier molecular flexibility index (Phi) is 10.6. The molecule has 0 aliphatic rings. The van der Waals surface area contributed by atoms with Gasteiger partial charge in [-0.15, -0.1) is 30.6 Å². The topological polar surface area (TPSA) is 43.8 Å². The molecule has 0 radical (unpaired) electrons. The average Bonchev–Trinajstić information content (AvgIpc) is 2.48. The predicted octanol–water partition coefficient (Wildman–Crippen LogP) is 2.74. The highest BCUT2D eigenvalue weighted by atomic mass is 127. The van der Waals surface area contributed by atoms with E-state index in [1.54, 1.807) is 0 Å². The van der Waals surface area contributed by atoms with E-state index in [1.165, 1.54) is 0 Å². The first-order chi connectivity index (χ1) is 10.1. The van der Waals surface area contributed by atoms with Crippen molar-refractivity contribution in [3.63, 3.8) is 0 Å². The largest absolute Gasteiger partial charge is 0.362 e. The van der Waals surface area contributed by atoms with Gasteiger partial charge in [0.2, 0.25) is 0 Å². The summed E-state index contributed by atoms with van der Waals surface area (Å²) in [5.74, 6) is 1.88. The van der Waals surface area contributed by atoms with E-state index < -0.39 is 0 Å². The summed E-state index contributed by atoms with van der Waals surface area (Å²) >= 11 is 0. The number of aliphatic imine (C=N–C) groups is 1. The monoisotopic (exact) mass is 417 g/mol. The molecule has 124 valence electrons. The lowest BCUT2D eigenvalue weighted by Crippen LogP contribution is -2.39. The zero-order valence-corrected chi connectivity index (χ0v) is 16.4. The number of aromatic nitrogens is 1. The third-order valence-corrected chi connectivity index (χ3v) is 3.20. The molecule has 0 spiro atoms. The third-order valence-electron chi connectivity index (χ3n) is 3.20. The molecule has 0 aliphatic heterocycles. The summed E-state index contributed by atoms with van der Waals surface area (Å²) < 4.78 is 0. The molecule has 0 bridgehead atoms. The Morgan fingerprint density at radius 3 is 2.73 bits per heavy atom. The number of anilines is 1. The fraction of sp³-hybridized carbons (Fsp3) is 0.500. The second kappa shape index (κ2) is 11.3. The number of rotatable bonds is 7. The molecule has 0 saturated carbocycles. The molecule has 1 aromatic rings. The summed E-state index contributed by atoms with van der Waals surface area (Å²) in [6.07, 6.45) is 5.86. The molecule has 0 fully saturated rings. The Balaban J connectivity index is 0.00000441. The van der Waals surface area contributed by atoms with Crippen LogP contribution in [0.1, 0.15) is 18.4 Å². The van der Waals surface area contributed by atoms with Gasteiger partial charge < -0.3 is 15.1 Å². The van der Waals surface area contributed by atoms with Gasteiger partial charge >= 0.3 is 0 Å². The van der Waals surface area contributed by atoms with Gasteiger partial charge in [0.1, 0.15) is 5.82 Å². The van der Waals surface area contributed by atoms with Crippen molar-refractivity contribution in [2.75, 3.05) is 39.6 Å². The zero-order valence-electron chi connectivity index (χ0n) is 14.0. The molecule has 0 saturated heterocycles. The molecule has 0 amide bonds. The minimum atomic E-state index is 0. The molecule has 1 rings (SSSR count). The van der Waals surface area contributed by atoms with Gasteiger partial charge in [0.05, 0.1) is 0 Å². The van der Waals surface area contributed by atoms with Crippen molar-refractivity contribution in [1.82, 2.24) is 15.2 Å². The summed E-state index contributed by atoms with van der Waals surface area (Å²) in [6, 6.07) is 4.04. The first-order valence-corrected chi connectivity index (χ1v) is 7.24. The van der Waals surface area contributed by atoms with Crippen LogP contribution in [0, 0.1) is 0 Å². The van der Waals surface area contributed by atoms with E-state index in [-0.39, 0.29) is 24.0 Å². The van der Waals surface area contributed by atoms with Crippen molar-refractivity contribution in [3.05, 3.63) is 36.5 Å². The highest BCUT2D eigenvalue weighted by Gasteiger charge is 2.08. The van der Waals surface area contributed by atoms with E-state index in [0.717, 1.165) is 36.7 Å². The Labute approximate surface area is 151 Å². The van der Waals surface area contributed by atoms with Crippen LogP contribution in [0.2, 0.25) is 0 Å². The second-order valence-electron chi connectivity index (χ2n) is 5.13. The summed E-state index contributed by atoms with van der Waals surface area (Å²) in [6.45, 7) is 5.41. The lowest BCUT2D eigenvalue weighted by molar-refractivity contribution is 0.470. The number of hydrogen-bond acceptors (Lipinski definition) is 3. The van der Waals surface area contributed by atoms with Gasteiger partial charge in [0, 0.05) is 53.0 Å². The molecular weight excluding hydrogens is 389 g/mol. The van der Waals surface area contributed by atoms with Crippen LogP contribution in [-0.2, 0) is 6.54 Å². The van der Waals surface area contributed by atoms with E-state index in [9.17, 15) is 0 Å². The van der Waals surface area contributed by atoms with Crippen LogP contribution in [0.15, 0.2) is 36.0 Å². The van der Waals surface area contributed by atoms with Gasteiger partial charge in [0.25, 0.3) is 0 Å². The van der Waals surface area contributed by atoms with E-state index >= 15 is 0 Å². The van der Waals surface area contributed by atoms with E-state index in [1.807, 2.05) is 44.4 Å². The number of unbranched alkanes of at least 4 members (excludes halogenated alkanes) is 1. The number of guanidine groups is 1. The normalized spacial score (nSPS) is 10.6. The van der Waals surface area contributed by atoms with Crippen LogP contribution in [-0.4, -0.2) is 50.6 Å². The van der Waals surface area contributed by atoms with E-state index in [4.69, 9.17) is 0 Å². The molecule has 22 heavy (non-hydrogen) atoms. The number of nitrogens with zero attached hydrogens (tertiary/aromatic N) is 4. The molecule has 0 atom stereocenters. The summed E-state index contributed by atoms with van der Waals surface area (Å²) in [7, 11) is 7.86. The summed E-state index contributed by atoms with van der Waals surface area (Å²) in [5, 5.41) is 3.39. The standard InChI is InChI=1S/C16H27N5.HI/c1-6-7-8-12-21(5)16(17-2)19-13-14-10-9-11-18-15(14)20(3)4;/h6,9-11H,1,7-8,12-13H2,2-5H3,(H,17,19);1H. The number of hydrogen-bond donors (Lipinski definition) is 1. The second-order valence-corrected chi connectivity index (χ2v) is 5.13. The van der Waals surface area contributed by atoms with Crippen molar-refractivity contribution in [1.29, 1.82) is 0 Å². The van der Waals surface area contributed by atoms with Crippen molar-refractivity contribution in [2.45, 2.75) is 19.4 Å². The molecule has 1 aromatic heterocycles. The first kappa shape index (κ1) is 20.7. The molecule has 0 unspecified atom stereocenters. The van der Waals surface area contributed by atoms with Crippen LogP contribution in [0.25, 0.3) is 0 Å². The molecule has 5 nitrogen and oxygen atoms in total. The predicted molar refractivity (Wildman–Crippen MR) is 106 cm³/mol. The van der Waals surface area contributed by atoms with Crippen LogP contribution < -0.4 is 10.2 Å². The van der Waals surface area contributed by atoms with Crippen LogP contribution in [0.4, 0.5) is 5.82 Å². The number of allylic oxidation sites excluding steroid dienone is 1. The minimum Gasteiger partial charge on any atom is -0.362 e. The highest BCUT2D eigenvalue weighted by Crippen LogP contribution is 2.13. The quantitative estimate of drug-likeness (QED) is 0.244. The maximum absolute atomic E-state index is 4.41. The van der Waals surface area contributed by atoms with Gasteiger partial charge in [-0.25, -0.2) is 4.98 Å². The SMILES string of the molecule is C=CCCCN(C)C(=NC)NCc1cccnc1N(C)C.I. The minimum absolute atomic E-state index is 0. The smallest absolute Gasteiger partial charge is 0.193 e. The fourth-order valence-electron chi connectivity index (χ4n) is 2.11. The van der Waals surface area contributed by atoms with Crippen LogP contribution in [0.3, 0.4) is 0 Å². The number of nitrogens with one attached hydrogen (secondary N) is 1. The van der Waals surface area contributed by atoms with E-state index in [0.29, 0.717) is 6.54 Å². The molecule has 6 heteroatoms. The van der Waals surface area contributed by atoms with Gasteiger partial charge in [0.15, 0.2) is 5.96 Å². The Bertz CT molecular complexity index is 473. The maximum atomic E-state index is 4.41. The van der Waals surface area contributed by atoms with Crippen molar-refractivity contribution in [2.24, 2.45) is 4.99 Å². The van der Waals surface area contributed by atoms with Gasteiger partial charge in [-0.05, 0) is 18.9 Å². The van der Waals surface area contributed by atoms with Crippen molar-refractivity contribution < 1.29 is 0 Å². The summed E-state index contributed by atoms with van der Waals surface area (Å²) in [4.78, 5) is 12.9. The van der Waals surface area contributed by atoms with Gasteiger partial charge in [-0.1, -0.05) is 12.1 Å². The third kappa shape index (κ3) is 6.64. The Morgan fingerprint density at radius 1 is 1.41 bits per heavy atom. The molecule has 1 heterocycles. The van der Waals surface area contributed by atoms with Crippen molar-refractivity contribution >= 4 is 35.8 Å². The number of pyridine rings is 1. The van der Waals surface area contributed by atoms with Gasteiger partial charge in [-0.3, -0.25) is 4.99 Å². The van der Waals surface area contributed by atoms with Crippen molar-refractivity contribution in [3.8, 4) is 0 Å². The fourth-order valence-corrected chi connectivity index (χ4v) is 2.11. The van der Waals surface area contributed by atoms with Crippen LogP contribution in [0.5, 0.6) is 0 Å². The maximum Gasteiger partial charge on any atom is 0.193 e. The lowest BCUT2D eigenvalue weighted by Gasteiger charge is -2.23.